The molecule has 144 valence electrons. The van der Waals surface area contributed by atoms with Gasteiger partial charge in [-0.3, -0.25) is 14.8 Å². The monoisotopic (exact) mass is 376 g/mol. The van der Waals surface area contributed by atoms with Crippen LogP contribution in [0.1, 0.15) is 39.6 Å². The number of pyridine rings is 2. The normalized spacial score (nSPS) is 16.5. The molecule has 0 saturated carbocycles. The van der Waals surface area contributed by atoms with Gasteiger partial charge in [-0.25, -0.2) is 0 Å². The van der Waals surface area contributed by atoms with Crippen LogP contribution in [0.5, 0.6) is 0 Å². The predicted molar refractivity (Wildman–Crippen MR) is 106 cm³/mol. The fourth-order valence-electron chi connectivity index (χ4n) is 3.84. The summed E-state index contributed by atoms with van der Waals surface area (Å²) in [5, 5.41) is 4.02. The molecule has 1 aliphatic rings. The van der Waals surface area contributed by atoms with Crippen LogP contribution < -0.4 is 0 Å². The molecule has 0 unspecified atom stereocenters. The Morgan fingerprint density at radius 3 is 2.79 bits per heavy atom. The van der Waals surface area contributed by atoms with Crippen LogP contribution in [0.25, 0.3) is 11.3 Å². The van der Waals surface area contributed by atoms with Crippen molar-refractivity contribution >= 4 is 5.91 Å². The maximum atomic E-state index is 12.7. The lowest BCUT2D eigenvalue weighted by atomic mass is 10.0. The van der Waals surface area contributed by atoms with Crippen LogP contribution in [-0.4, -0.2) is 39.0 Å². The number of hydrogen-bond donors (Lipinski definition) is 0. The van der Waals surface area contributed by atoms with Crippen LogP contribution in [0, 0.1) is 26.7 Å². The third-order valence-corrected chi connectivity index (χ3v) is 5.33. The number of amides is 1. The molecule has 1 atom stereocenters. The molecule has 3 aromatic heterocycles. The van der Waals surface area contributed by atoms with E-state index >= 15 is 0 Å². The Hall–Kier alpha value is -3.02. The molecule has 0 radical (unpaired) electrons. The third-order valence-electron chi connectivity index (χ3n) is 5.33. The van der Waals surface area contributed by atoms with Crippen molar-refractivity contribution in [2.75, 3.05) is 13.1 Å². The molecule has 1 amide bonds. The molecule has 3 aromatic rings. The van der Waals surface area contributed by atoms with Crippen LogP contribution in [0.4, 0.5) is 0 Å². The van der Waals surface area contributed by atoms with E-state index in [9.17, 15) is 4.79 Å². The quantitative estimate of drug-likeness (QED) is 0.693. The molecule has 4 rings (SSSR count). The Kier molecular flexibility index (Phi) is 4.94. The molecule has 0 N–H and O–H groups in total. The molecule has 0 spiro atoms. The van der Waals surface area contributed by atoms with Gasteiger partial charge in [0.05, 0.1) is 22.5 Å². The van der Waals surface area contributed by atoms with Crippen molar-refractivity contribution in [3.05, 3.63) is 64.9 Å². The number of carbonyl (C=O) groups is 1. The SMILES string of the molecule is Cc1ccc(C(=O)N2CC[C@H](Cc3cccc(-c4c(C)noc4C)n3)C2)cn1. The van der Waals surface area contributed by atoms with Gasteiger partial charge in [-0.05, 0) is 63.8 Å². The second kappa shape index (κ2) is 7.54. The van der Waals surface area contributed by atoms with E-state index in [1.165, 1.54) is 0 Å². The van der Waals surface area contributed by atoms with Gasteiger partial charge in [-0.2, -0.15) is 0 Å². The highest BCUT2D eigenvalue weighted by molar-refractivity contribution is 5.94. The number of aryl methyl sites for hydroxylation is 3. The lowest BCUT2D eigenvalue weighted by Gasteiger charge is -2.16. The van der Waals surface area contributed by atoms with Gasteiger partial charge < -0.3 is 9.42 Å². The van der Waals surface area contributed by atoms with Gasteiger partial charge in [0.2, 0.25) is 0 Å². The maximum absolute atomic E-state index is 12.7. The minimum absolute atomic E-state index is 0.0624. The van der Waals surface area contributed by atoms with Crippen LogP contribution in [0.3, 0.4) is 0 Å². The number of hydrogen-bond acceptors (Lipinski definition) is 5. The van der Waals surface area contributed by atoms with Crippen molar-refractivity contribution in [1.82, 2.24) is 20.0 Å². The number of nitrogens with zero attached hydrogens (tertiary/aromatic N) is 4. The highest BCUT2D eigenvalue weighted by Gasteiger charge is 2.27. The van der Waals surface area contributed by atoms with Gasteiger partial charge in [-0.15, -0.1) is 0 Å². The molecular formula is C22H24N4O2. The first-order chi connectivity index (χ1) is 13.5. The number of likely N-dealkylation sites (tertiary alicyclic amines) is 1. The van der Waals surface area contributed by atoms with E-state index in [0.717, 1.165) is 60.0 Å². The molecule has 6 nitrogen and oxygen atoms in total. The maximum Gasteiger partial charge on any atom is 0.255 e. The smallest absolute Gasteiger partial charge is 0.255 e. The van der Waals surface area contributed by atoms with Crippen molar-refractivity contribution < 1.29 is 9.32 Å². The van der Waals surface area contributed by atoms with Crippen molar-refractivity contribution in [3.8, 4) is 11.3 Å². The molecule has 1 aliphatic heterocycles. The fourth-order valence-corrected chi connectivity index (χ4v) is 3.84. The molecule has 6 heteroatoms. The first kappa shape index (κ1) is 18.3. The van der Waals surface area contributed by atoms with Gasteiger partial charge in [0.25, 0.3) is 5.91 Å². The summed E-state index contributed by atoms with van der Waals surface area (Å²) in [5.74, 6) is 1.26. The first-order valence-corrected chi connectivity index (χ1v) is 9.62. The van der Waals surface area contributed by atoms with Gasteiger partial charge >= 0.3 is 0 Å². The van der Waals surface area contributed by atoms with Crippen molar-refractivity contribution in [3.63, 3.8) is 0 Å². The van der Waals surface area contributed by atoms with Gasteiger partial charge in [0, 0.05) is 30.7 Å². The number of rotatable bonds is 4. The zero-order chi connectivity index (χ0) is 19.7. The summed E-state index contributed by atoms with van der Waals surface area (Å²) >= 11 is 0. The second-order valence-corrected chi connectivity index (χ2v) is 7.51. The zero-order valence-corrected chi connectivity index (χ0v) is 16.5. The zero-order valence-electron chi connectivity index (χ0n) is 16.5. The summed E-state index contributed by atoms with van der Waals surface area (Å²) in [6, 6.07) is 9.80. The third kappa shape index (κ3) is 3.67. The van der Waals surface area contributed by atoms with Crippen molar-refractivity contribution in [2.24, 2.45) is 5.92 Å². The van der Waals surface area contributed by atoms with E-state index in [0.29, 0.717) is 11.5 Å². The van der Waals surface area contributed by atoms with E-state index in [4.69, 9.17) is 9.51 Å². The Balaban J connectivity index is 1.44. The summed E-state index contributed by atoms with van der Waals surface area (Å²) < 4.78 is 5.27. The van der Waals surface area contributed by atoms with Crippen molar-refractivity contribution in [2.45, 2.75) is 33.6 Å². The van der Waals surface area contributed by atoms with E-state index in [-0.39, 0.29) is 5.91 Å². The Morgan fingerprint density at radius 2 is 2.07 bits per heavy atom. The van der Waals surface area contributed by atoms with E-state index in [1.807, 2.05) is 49.9 Å². The minimum atomic E-state index is 0.0624. The van der Waals surface area contributed by atoms with E-state index in [1.54, 1.807) is 6.20 Å². The Bertz CT molecular complexity index is 975. The average Bonchev–Trinajstić information content (AvgIpc) is 3.28. The van der Waals surface area contributed by atoms with Gasteiger partial charge in [0.1, 0.15) is 5.76 Å². The van der Waals surface area contributed by atoms with E-state index in [2.05, 4.69) is 16.2 Å². The molecule has 28 heavy (non-hydrogen) atoms. The largest absolute Gasteiger partial charge is 0.361 e. The first-order valence-electron chi connectivity index (χ1n) is 9.62. The van der Waals surface area contributed by atoms with Crippen molar-refractivity contribution in [1.29, 1.82) is 0 Å². The van der Waals surface area contributed by atoms with Crippen LogP contribution in [0.2, 0.25) is 0 Å². The Labute approximate surface area is 164 Å². The predicted octanol–water partition coefficient (Wildman–Crippen LogP) is 3.76. The fraction of sp³-hybridized carbons (Fsp3) is 0.364. The average molecular weight is 376 g/mol. The second-order valence-electron chi connectivity index (χ2n) is 7.51. The summed E-state index contributed by atoms with van der Waals surface area (Å²) in [6.07, 6.45) is 3.51. The van der Waals surface area contributed by atoms with Gasteiger partial charge in [0.15, 0.2) is 0 Å². The van der Waals surface area contributed by atoms with Crippen LogP contribution >= 0.6 is 0 Å². The van der Waals surface area contributed by atoms with Crippen LogP contribution in [-0.2, 0) is 6.42 Å². The molecule has 1 fully saturated rings. The summed E-state index contributed by atoms with van der Waals surface area (Å²) in [6.45, 7) is 7.29. The lowest BCUT2D eigenvalue weighted by Crippen LogP contribution is -2.29. The molecular weight excluding hydrogens is 352 g/mol. The highest BCUT2D eigenvalue weighted by atomic mass is 16.5. The molecule has 1 saturated heterocycles. The summed E-state index contributed by atoms with van der Waals surface area (Å²) in [4.78, 5) is 23.7. The molecule has 4 heterocycles. The minimum Gasteiger partial charge on any atom is -0.361 e. The molecule has 0 aromatic carbocycles. The highest BCUT2D eigenvalue weighted by Crippen LogP contribution is 2.27. The lowest BCUT2D eigenvalue weighted by molar-refractivity contribution is 0.0786. The van der Waals surface area contributed by atoms with Crippen LogP contribution in [0.15, 0.2) is 41.1 Å². The standard InChI is InChI=1S/C22H24N4O2/c1-14-7-8-18(12-23-14)22(27)26-10-9-17(13-26)11-19-5-4-6-20(24-19)21-15(2)25-28-16(21)3/h4-8,12,17H,9-11,13H2,1-3H3/t17-/m1/s1. The number of aromatic nitrogens is 3. The molecule has 0 aliphatic carbocycles. The summed E-state index contributed by atoms with van der Waals surface area (Å²) in [7, 11) is 0. The Morgan fingerprint density at radius 1 is 1.21 bits per heavy atom. The van der Waals surface area contributed by atoms with E-state index < -0.39 is 0 Å². The molecule has 0 bridgehead atoms. The topological polar surface area (TPSA) is 72.1 Å². The van der Waals surface area contributed by atoms with Gasteiger partial charge in [-0.1, -0.05) is 11.2 Å². The number of carbonyl (C=O) groups excluding carboxylic acids is 1. The summed E-state index contributed by atoms with van der Waals surface area (Å²) in [5.41, 5.74) is 5.33.